The fourth-order valence-corrected chi connectivity index (χ4v) is 3.39. The molecule has 1 fully saturated rings. The van der Waals surface area contributed by atoms with Crippen LogP contribution in [0, 0.1) is 5.92 Å². The third kappa shape index (κ3) is 3.43. The van der Waals surface area contributed by atoms with E-state index in [0.717, 1.165) is 19.4 Å². The van der Waals surface area contributed by atoms with E-state index in [1.165, 1.54) is 0 Å². The molecule has 96 valence electrons. The molecular weight excluding hydrogens is 224 g/mol. The fourth-order valence-electron chi connectivity index (χ4n) is 2.18. The maximum atomic E-state index is 11.7. The van der Waals surface area contributed by atoms with Crippen molar-refractivity contribution in [2.45, 2.75) is 39.7 Å². The number of sulfonamides is 1. The molecule has 1 aliphatic heterocycles. The highest BCUT2D eigenvalue weighted by Crippen LogP contribution is 2.19. The monoisotopic (exact) mass is 248 g/mol. The summed E-state index contributed by atoms with van der Waals surface area (Å²) in [5.74, 6) is 0.619. The Balaban J connectivity index is 2.51. The van der Waals surface area contributed by atoms with Gasteiger partial charge in [0, 0.05) is 19.1 Å². The molecule has 0 aliphatic carbocycles. The molecule has 16 heavy (non-hydrogen) atoms. The fraction of sp³-hybridized carbons (Fsp3) is 1.00. The van der Waals surface area contributed by atoms with Crippen LogP contribution in [0.15, 0.2) is 0 Å². The SMILES string of the molecule is CCCNC1CCN(S(=O)(=O)CC)CC1C. The number of nitrogens with one attached hydrogen (secondary N) is 1. The zero-order valence-corrected chi connectivity index (χ0v) is 11.4. The Morgan fingerprint density at radius 3 is 2.56 bits per heavy atom. The van der Waals surface area contributed by atoms with Gasteiger partial charge in [-0.1, -0.05) is 13.8 Å². The first-order chi connectivity index (χ1) is 7.51. The Hall–Kier alpha value is -0.130. The molecule has 5 heteroatoms. The first kappa shape index (κ1) is 13.9. The molecule has 0 aromatic rings. The molecular formula is C11H24N2O2S. The van der Waals surface area contributed by atoms with Crippen LogP contribution in [0.4, 0.5) is 0 Å². The van der Waals surface area contributed by atoms with Crippen molar-refractivity contribution in [3.8, 4) is 0 Å². The van der Waals surface area contributed by atoms with Crippen molar-refractivity contribution in [1.82, 2.24) is 9.62 Å². The van der Waals surface area contributed by atoms with E-state index in [1.807, 2.05) is 0 Å². The van der Waals surface area contributed by atoms with E-state index in [0.29, 0.717) is 25.0 Å². The molecule has 0 aromatic carbocycles. The predicted octanol–water partition coefficient (Wildman–Crippen LogP) is 1.05. The highest BCUT2D eigenvalue weighted by molar-refractivity contribution is 7.89. The Bertz CT molecular complexity index is 303. The van der Waals surface area contributed by atoms with E-state index in [4.69, 9.17) is 0 Å². The predicted molar refractivity (Wildman–Crippen MR) is 66.9 cm³/mol. The summed E-state index contributed by atoms with van der Waals surface area (Å²) < 4.78 is 25.1. The lowest BCUT2D eigenvalue weighted by Crippen LogP contribution is -2.50. The lowest BCUT2D eigenvalue weighted by molar-refractivity contribution is 0.221. The quantitative estimate of drug-likeness (QED) is 0.791. The van der Waals surface area contributed by atoms with E-state index in [1.54, 1.807) is 11.2 Å². The van der Waals surface area contributed by atoms with Gasteiger partial charge in [-0.3, -0.25) is 0 Å². The van der Waals surface area contributed by atoms with Crippen molar-refractivity contribution < 1.29 is 8.42 Å². The lowest BCUT2D eigenvalue weighted by Gasteiger charge is -2.36. The van der Waals surface area contributed by atoms with Crippen LogP contribution < -0.4 is 5.32 Å². The van der Waals surface area contributed by atoms with Crippen LogP contribution in [0.2, 0.25) is 0 Å². The highest BCUT2D eigenvalue weighted by atomic mass is 32.2. The topological polar surface area (TPSA) is 49.4 Å². The second-order valence-electron chi connectivity index (χ2n) is 4.59. The van der Waals surface area contributed by atoms with Gasteiger partial charge in [-0.2, -0.15) is 0 Å². The number of nitrogens with zero attached hydrogens (tertiary/aromatic N) is 1. The molecule has 2 unspecified atom stereocenters. The van der Waals surface area contributed by atoms with E-state index in [2.05, 4.69) is 19.2 Å². The van der Waals surface area contributed by atoms with Crippen LogP contribution in [0.3, 0.4) is 0 Å². The molecule has 4 nitrogen and oxygen atoms in total. The maximum Gasteiger partial charge on any atom is 0.213 e. The van der Waals surface area contributed by atoms with Gasteiger partial charge < -0.3 is 5.32 Å². The summed E-state index contributed by atoms with van der Waals surface area (Å²) in [5, 5.41) is 3.49. The Labute approximate surface area is 99.5 Å². The van der Waals surface area contributed by atoms with Crippen molar-refractivity contribution in [2.75, 3.05) is 25.4 Å². The van der Waals surface area contributed by atoms with Crippen LogP contribution in [-0.2, 0) is 10.0 Å². The molecule has 0 spiro atoms. The number of hydrogen-bond acceptors (Lipinski definition) is 3. The molecule has 1 saturated heterocycles. The molecule has 0 bridgehead atoms. The summed E-state index contributed by atoms with van der Waals surface area (Å²) in [4.78, 5) is 0. The van der Waals surface area contributed by atoms with E-state index < -0.39 is 10.0 Å². The largest absolute Gasteiger partial charge is 0.314 e. The van der Waals surface area contributed by atoms with Gasteiger partial charge in [0.05, 0.1) is 5.75 Å². The minimum absolute atomic E-state index is 0.215. The van der Waals surface area contributed by atoms with Gasteiger partial charge in [-0.05, 0) is 32.2 Å². The summed E-state index contributed by atoms with van der Waals surface area (Å²) in [6.07, 6.45) is 2.06. The first-order valence-corrected chi connectivity index (χ1v) is 7.83. The van der Waals surface area contributed by atoms with Gasteiger partial charge in [0.2, 0.25) is 10.0 Å². The lowest BCUT2D eigenvalue weighted by atomic mass is 9.95. The molecule has 1 N–H and O–H groups in total. The number of hydrogen-bond donors (Lipinski definition) is 1. The van der Waals surface area contributed by atoms with E-state index in [-0.39, 0.29) is 5.75 Å². The molecule has 2 atom stereocenters. The second kappa shape index (κ2) is 5.98. The third-order valence-corrected chi connectivity index (χ3v) is 5.13. The van der Waals surface area contributed by atoms with Crippen LogP contribution in [0.1, 0.15) is 33.6 Å². The minimum atomic E-state index is -2.99. The van der Waals surface area contributed by atoms with Crippen molar-refractivity contribution in [3.63, 3.8) is 0 Å². The molecule has 1 aliphatic rings. The molecule has 1 heterocycles. The molecule has 0 aromatic heterocycles. The smallest absolute Gasteiger partial charge is 0.213 e. The summed E-state index contributed by atoms with van der Waals surface area (Å²) in [7, 11) is -2.99. The van der Waals surface area contributed by atoms with Crippen molar-refractivity contribution >= 4 is 10.0 Å². The van der Waals surface area contributed by atoms with Crippen LogP contribution >= 0.6 is 0 Å². The molecule has 0 radical (unpaired) electrons. The maximum absolute atomic E-state index is 11.7. The van der Waals surface area contributed by atoms with Gasteiger partial charge in [0.1, 0.15) is 0 Å². The van der Waals surface area contributed by atoms with Gasteiger partial charge >= 0.3 is 0 Å². The van der Waals surface area contributed by atoms with Crippen LogP contribution in [0.25, 0.3) is 0 Å². The molecule has 0 saturated carbocycles. The average Bonchev–Trinajstić information content (AvgIpc) is 2.27. The zero-order valence-electron chi connectivity index (χ0n) is 10.6. The number of piperidine rings is 1. The Kier molecular flexibility index (Phi) is 5.21. The minimum Gasteiger partial charge on any atom is -0.314 e. The first-order valence-electron chi connectivity index (χ1n) is 6.22. The Morgan fingerprint density at radius 2 is 2.06 bits per heavy atom. The van der Waals surface area contributed by atoms with Crippen molar-refractivity contribution in [3.05, 3.63) is 0 Å². The van der Waals surface area contributed by atoms with Crippen molar-refractivity contribution in [1.29, 1.82) is 0 Å². The summed E-state index contributed by atoms with van der Waals surface area (Å²) in [5.41, 5.74) is 0. The van der Waals surface area contributed by atoms with Crippen LogP contribution in [0.5, 0.6) is 0 Å². The molecule has 0 amide bonds. The van der Waals surface area contributed by atoms with Crippen molar-refractivity contribution in [2.24, 2.45) is 5.92 Å². The van der Waals surface area contributed by atoms with Gasteiger partial charge in [0.25, 0.3) is 0 Å². The normalized spacial score (nSPS) is 28.2. The number of rotatable bonds is 5. The van der Waals surface area contributed by atoms with E-state index >= 15 is 0 Å². The molecule has 1 rings (SSSR count). The summed E-state index contributed by atoms with van der Waals surface area (Å²) >= 11 is 0. The van der Waals surface area contributed by atoms with Crippen LogP contribution in [-0.4, -0.2) is 44.2 Å². The van der Waals surface area contributed by atoms with Gasteiger partial charge in [-0.15, -0.1) is 0 Å². The zero-order chi connectivity index (χ0) is 12.2. The summed E-state index contributed by atoms with van der Waals surface area (Å²) in [6, 6.07) is 0.475. The van der Waals surface area contributed by atoms with E-state index in [9.17, 15) is 8.42 Å². The summed E-state index contributed by atoms with van der Waals surface area (Å²) in [6.45, 7) is 8.34. The van der Waals surface area contributed by atoms with Gasteiger partial charge in [0.15, 0.2) is 0 Å². The third-order valence-electron chi connectivity index (χ3n) is 3.28. The standard InChI is InChI=1S/C11H24N2O2S/c1-4-7-12-11-6-8-13(9-10(11)3)16(14,15)5-2/h10-12H,4-9H2,1-3H3. The second-order valence-corrected chi connectivity index (χ2v) is 6.84. The average molecular weight is 248 g/mol. The Morgan fingerprint density at radius 1 is 1.38 bits per heavy atom. The van der Waals surface area contributed by atoms with Gasteiger partial charge in [-0.25, -0.2) is 12.7 Å². The highest BCUT2D eigenvalue weighted by Gasteiger charge is 2.30.